The highest BCUT2D eigenvalue weighted by atomic mass is 32.1. The Morgan fingerprint density at radius 3 is 2.79 bits per heavy atom. The molecule has 0 unspecified atom stereocenters. The van der Waals surface area contributed by atoms with E-state index in [4.69, 9.17) is 0 Å². The molecule has 96 valence electrons. The normalized spacial score (nSPS) is 9.53. The first-order valence-electron chi connectivity index (χ1n) is 5.47. The summed E-state index contributed by atoms with van der Waals surface area (Å²) in [5.74, 6) is 4.36. The summed E-state index contributed by atoms with van der Waals surface area (Å²) in [4.78, 5) is 25.0. The molecule has 0 saturated carbocycles. The molecule has 2 rings (SSSR count). The van der Waals surface area contributed by atoms with Gasteiger partial charge in [0.05, 0.1) is 4.88 Å². The van der Waals surface area contributed by atoms with Crippen molar-refractivity contribution in [2.24, 2.45) is 0 Å². The van der Waals surface area contributed by atoms with Gasteiger partial charge in [0.15, 0.2) is 6.61 Å². The van der Waals surface area contributed by atoms with Crippen molar-refractivity contribution in [2.45, 2.75) is 6.92 Å². The van der Waals surface area contributed by atoms with E-state index in [9.17, 15) is 9.59 Å². The summed E-state index contributed by atoms with van der Waals surface area (Å²) in [7, 11) is 0. The Morgan fingerprint density at radius 2 is 2.11 bits per heavy atom. The molecule has 0 radical (unpaired) electrons. The summed E-state index contributed by atoms with van der Waals surface area (Å²) in [6.07, 6.45) is 0. The topological polar surface area (TPSA) is 43.4 Å². The molecule has 0 saturated heterocycles. The maximum absolute atomic E-state index is 11.3. The van der Waals surface area contributed by atoms with E-state index < -0.39 is 11.8 Å². The summed E-state index contributed by atoms with van der Waals surface area (Å²) in [5, 5.41) is 2.02. The van der Waals surface area contributed by atoms with Crippen LogP contribution in [0.25, 0.3) is 9.75 Å². The molecule has 0 aliphatic carbocycles. The quantitative estimate of drug-likeness (QED) is 0.645. The van der Waals surface area contributed by atoms with Gasteiger partial charge in [-0.15, -0.1) is 22.7 Å². The first-order valence-corrected chi connectivity index (χ1v) is 7.16. The van der Waals surface area contributed by atoms with Crippen molar-refractivity contribution < 1.29 is 14.3 Å². The van der Waals surface area contributed by atoms with Crippen molar-refractivity contribution >= 4 is 34.4 Å². The van der Waals surface area contributed by atoms with Crippen LogP contribution in [0.3, 0.4) is 0 Å². The summed E-state index contributed by atoms with van der Waals surface area (Å²) >= 11 is 3.20. The molecular formula is C14H10O3S2. The molecule has 0 spiro atoms. The third-order valence-electron chi connectivity index (χ3n) is 2.10. The van der Waals surface area contributed by atoms with Crippen LogP contribution >= 0.6 is 22.7 Å². The van der Waals surface area contributed by atoms with E-state index in [1.54, 1.807) is 11.3 Å². The average Bonchev–Trinajstić information content (AvgIpc) is 3.03. The van der Waals surface area contributed by atoms with Crippen LogP contribution in [-0.4, -0.2) is 18.4 Å². The van der Waals surface area contributed by atoms with Gasteiger partial charge in [0.2, 0.25) is 5.78 Å². The maximum Gasteiger partial charge on any atom is 0.303 e. The average molecular weight is 290 g/mol. The third-order valence-corrected chi connectivity index (χ3v) is 4.17. The number of hydrogen-bond acceptors (Lipinski definition) is 5. The Bertz CT molecular complexity index is 642. The molecule has 0 amide bonds. The van der Waals surface area contributed by atoms with Crippen LogP contribution in [0.4, 0.5) is 0 Å². The molecule has 3 nitrogen and oxygen atoms in total. The number of esters is 1. The summed E-state index contributed by atoms with van der Waals surface area (Å²) in [6, 6.07) is 7.90. The smallest absolute Gasteiger partial charge is 0.303 e. The predicted octanol–water partition coefficient (Wildman–Crippen LogP) is 2.96. The van der Waals surface area contributed by atoms with Crippen LogP contribution in [0.1, 0.15) is 11.8 Å². The number of rotatable bonds is 3. The van der Waals surface area contributed by atoms with Gasteiger partial charge in [0, 0.05) is 16.7 Å². The van der Waals surface area contributed by atoms with E-state index in [-0.39, 0.29) is 6.61 Å². The largest absolute Gasteiger partial charge is 0.457 e. The number of Topliss-reactive ketones (excluding diaryl/α,β-unsaturated/α-hetero) is 1. The molecule has 0 aliphatic heterocycles. The number of hydrogen-bond donors (Lipinski definition) is 0. The van der Waals surface area contributed by atoms with Crippen LogP contribution in [0.15, 0.2) is 29.6 Å². The van der Waals surface area contributed by atoms with Crippen LogP contribution in [0, 0.1) is 11.8 Å². The Hall–Kier alpha value is -1.90. The summed E-state index contributed by atoms with van der Waals surface area (Å²) in [5.41, 5.74) is 0. The van der Waals surface area contributed by atoms with Crippen LogP contribution in [-0.2, 0) is 14.3 Å². The fourth-order valence-electron chi connectivity index (χ4n) is 1.29. The fourth-order valence-corrected chi connectivity index (χ4v) is 2.99. The van der Waals surface area contributed by atoms with Gasteiger partial charge in [-0.05, 0) is 35.4 Å². The standard InChI is InChI=1S/C14H10O3S2/c1-10(15)17-9-11(16)4-5-12-6-7-14(19-12)13-3-2-8-18-13/h2-3,6-8H,9H2,1H3. The maximum atomic E-state index is 11.3. The molecule has 0 N–H and O–H groups in total. The van der Waals surface area contributed by atoms with E-state index in [0.717, 1.165) is 9.75 Å². The van der Waals surface area contributed by atoms with E-state index in [1.807, 2.05) is 29.6 Å². The second-order valence-corrected chi connectivity index (χ2v) is 5.63. The van der Waals surface area contributed by atoms with Gasteiger partial charge in [0.1, 0.15) is 0 Å². The van der Waals surface area contributed by atoms with Crippen molar-refractivity contribution in [3.05, 3.63) is 34.5 Å². The van der Waals surface area contributed by atoms with Gasteiger partial charge in [-0.1, -0.05) is 6.07 Å². The summed E-state index contributed by atoms with van der Waals surface area (Å²) in [6.45, 7) is 0.971. The molecule has 5 heteroatoms. The number of thiophene rings is 2. The minimum Gasteiger partial charge on any atom is -0.457 e. The molecule has 0 fully saturated rings. The minimum atomic E-state index is -0.480. The highest BCUT2D eigenvalue weighted by Crippen LogP contribution is 2.30. The van der Waals surface area contributed by atoms with Gasteiger partial charge in [-0.25, -0.2) is 0 Å². The molecule has 0 aromatic carbocycles. The van der Waals surface area contributed by atoms with Crippen molar-refractivity contribution in [2.75, 3.05) is 6.61 Å². The monoisotopic (exact) mass is 290 g/mol. The Labute approximate surface area is 118 Å². The molecule has 0 atom stereocenters. The van der Waals surface area contributed by atoms with Crippen LogP contribution in [0.5, 0.6) is 0 Å². The van der Waals surface area contributed by atoms with Crippen LogP contribution in [0.2, 0.25) is 0 Å². The second kappa shape index (κ2) is 6.32. The first-order chi connectivity index (χ1) is 9.15. The third kappa shape index (κ3) is 4.05. The zero-order valence-corrected chi connectivity index (χ0v) is 11.8. The Morgan fingerprint density at radius 1 is 1.26 bits per heavy atom. The second-order valence-electron chi connectivity index (χ2n) is 3.59. The molecular weight excluding hydrogens is 280 g/mol. The zero-order valence-electron chi connectivity index (χ0n) is 10.1. The fraction of sp³-hybridized carbons (Fsp3) is 0.143. The molecule has 2 heterocycles. The minimum absolute atomic E-state index is 0.286. The lowest BCUT2D eigenvalue weighted by Crippen LogP contribution is -2.09. The SMILES string of the molecule is CC(=O)OCC(=O)C#Cc1ccc(-c2cccs2)s1. The van der Waals surface area contributed by atoms with Crippen molar-refractivity contribution in [3.8, 4) is 21.6 Å². The number of ether oxygens (including phenoxy) is 1. The number of carbonyl (C=O) groups is 2. The van der Waals surface area contributed by atoms with Crippen molar-refractivity contribution in [3.63, 3.8) is 0 Å². The molecule has 2 aromatic heterocycles. The Balaban J connectivity index is 2.01. The van der Waals surface area contributed by atoms with Gasteiger partial charge in [-0.3, -0.25) is 9.59 Å². The Kier molecular flexibility index (Phi) is 4.50. The van der Waals surface area contributed by atoms with Gasteiger partial charge in [-0.2, -0.15) is 0 Å². The number of carbonyl (C=O) groups excluding carboxylic acids is 2. The first kappa shape index (κ1) is 13.5. The van der Waals surface area contributed by atoms with E-state index >= 15 is 0 Å². The zero-order chi connectivity index (χ0) is 13.7. The molecule has 0 bridgehead atoms. The lowest BCUT2D eigenvalue weighted by atomic mass is 10.3. The lowest BCUT2D eigenvalue weighted by Gasteiger charge is -1.93. The van der Waals surface area contributed by atoms with Crippen LogP contribution < -0.4 is 0 Å². The van der Waals surface area contributed by atoms with Gasteiger partial charge < -0.3 is 4.74 Å². The highest BCUT2D eigenvalue weighted by Gasteiger charge is 2.03. The summed E-state index contributed by atoms with van der Waals surface area (Å²) < 4.78 is 4.57. The lowest BCUT2D eigenvalue weighted by molar-refractivity contribution is -0.144. The predicted molar refractivity (Wildman–Crippen MR) is 76.2 cm³/mol. The van der Waals surface area contributed by atoms with Crippen molar-refractivity contribution in [1.82, 2.24) is 0 Å². The van der Waals surface area contributed by atoms with Gasteiger partial charge >= 0.3 is 5.97 Å². The number of ketones is 1. The molecule has 0 aliphatic rings. The highest BCUT2D eigenvalue weighted by molar-refractivity contribution is 7.21. The van der Waals surface area contributed by atoms with E-state index in [2.05, 4.69) is 16.6 Å². The van der Waals surface area contributed by atoms with E-state index in [1.165, 1.54) is 23.1 Å². The van der Waals surface area contributed by atoms with E-state index in [0.29, 0.717) is 0 Å². The molecule has 2 aromatic rings. The van der Waals surface area contributed by atoms with Crippen molar-refractivity contribution in [1.29, 1.82) is 0 Å². The molecule has 19 heavy (non-hydrogen) atoms. The van der Waals surface area contributed by atoms with Gasteiger partial charge in [0.25, 0.3) is 0 Å².